The van der Waals surface area contributed by atoms with E-state index in [1.165, 1.54) is 18.5 Å². The summed E-state index contributed by atoms with van der Waals surface area (Å²) in [4.78, 5) is 6.95. The molecule has 0 saturated carbocycles. The number of likely N-dealkylation sites (tertiary alicyclic amines) is 1. The number of piperidine rings is 1. The molecule has 28 heavy (non-hydrogen) atoms. The fraction of sp³-hybridized carbons (Fsp3) is 0.667. The summed E-state index contributed by atoms with van der Waals surface area (Å²) in [6.07, 6.45) is 4.73. The number of methoxy groups -OCH3 is 1. The molecular weight excluding hydrogens is 467 g/mol. The smallest absolute Gasteiger partial charge is 0.191 e. The van der Waals surface area contributed by atoms with Gasteiger partial charge in [0.2, 0.25) is 0 Å². The van der Waals surface area contributed by atoms with Gasteiger partial charge in [0.15, 0.2) is 5.96 Å². The summed E-state index contributed by atoms with van der Waals surface area (Å²) < 4.78 is 11.5. The van der Waals surface area contributed by atoms with Gasteiger partial charge in [-0.3, -0.25) is 4.99 Å². The first-order chi connectivity index (χ1) is 13.1. The van der Waals surface area contributed by atoms with Gasteiger partial charge in [0.25, 0.3) is 0 Å². The van der Waals surface area contributed by atoms with Gasteiger partial charge in [-0.25, -0.2) is 0 Å². The highest BCUT2D eigenvalue weighted by molar-refractivity contribution is 14.0. The summed E-state index contributed by atoms with van der Waals surface area (Å²) in [6, 6.07) is 4.69. The lowest BCUT2D eigenvalue weighted by Crippen LogP contribution is -2.48. The van der Waals surface area contributed by atoms with Crippen LogP contribution in [0.25, 0.3) is 0 Å². The standard InChI is InChI=1S/C21H34N4O2.HI/c1-5-8-25-9-6-18(7-10-25)24-21(22-3)23-14-17-13-20-16(11-15(2)27-20)12-19(17)26-4;/h12-13,15,18H,5-11,14H2,1-4H3,(H2,22,23,24);1H. The zero-order valence-corrected chi connectivity index (χ0v) is 19.9. The molecule has 0 aliphatic carbocycles. The van der Waals surface area contributed by atoms with Crippen molar-refractivity contribution in [2.75, 3.05) is 33.8 Å². The first-order valence-electron chi connectivity index (χ1n) is 10.2. The molecular formula is C21H35IN4O2. The van der Waals surface area contributed by atoms with Crippen LogP contribution in [0, 0.1) is 0 Å². The molecule has 2 heterocycles. The van der Waals surface area contributed by atoms with E-state index in [1.807, 2.05) is 7.05 Å². The zero-order chi connectivity index (χ0) is 19.2. The SMILES string of the molecule is CCCN1CCC(NC(=NC)NCc2cc3c(cc2OC)CC(C)O3)CC1.I. The molecule has 0 aromatic heterocycles. The maximum atomic E-state index is 5.90. The van der Waals surface area contributed by atoms with Crippen molar-refractivity contribution in [2.24, 2.45) is 4.99 Å². The third-order valence-electron chi connectivity index (χ3n) is 5.44. The molecule has 2 aliphatic heterocycles. The minimum atomic E-state index is 0. The number of fused-ring (bicyclic) bond motifs is 1. The highest BCUT2D eigenvalue weighted by Gasteiger charge is 2.22. The number of hydrogen-bond acceptors (Lipinski definition) is 4. The summed E-state index contributed by atoms with van der Waals surface area (Å²) >= 11 is 0. The Morgan fingerprint density at radius 1 is 1.32 bits per heavy atom. The lowest BCUT2D eigenvalue weighted by molar-refractivity contribution is 0.206. The minimum Gasteiger partial charge on any atom is -0.496 e. The molecule has 1 fully saturated rings. The Bertz CT molecular complexity index is 660. The topological polar surface area (TPSA) is 58.1 Å². The molecule has 3 rings (SSSR count). The molecule has 0 radical (unpaired) electrons. The van der Waals surface area contributed by atoms with E-state index in [9.17, 15) is 0 Å². The maximum absolute atomic E-state index is 5.90. The largest absolute Gasteiger partial charge is 0.496 e. The number of rotatable bonds is 6. The molecule has 6 nitrogen and oxygen atoms in total. The first-order valence-corrected chi connectivity index (χ1v) is 10.2. The first kappa shape index (κ1) is 23.1. The Morgan fingerprint density at radius 3 is 2.71 bits per heavy atom. The van der Waals surface area contributed by atoms with E-state index in [-0.39, 0.29) is 30.1 Å². The molecule has 0 spiro atoms. The van der Waals surface area contributed by atoms with Crippen LogP contribution in [-0.4, -0.2) is 56.8 Å². The normalized spacial score (nSPS) is 20.1. The van der Waals surface area contributed by atoms with Crippen molar-refractivity contribution < 1.29 is 9.47 Å². The molecule has 1 aromatic rings. The van der Waals surface area contributed by atoms with Gasteiger partial charge in [0, 0.05) is 50.3 Å². The molecule has 1 unspecified atom stereocenters. The highest BCUT2D eigenvalue weighted by Crippen LogP contribution is 2.34. The summed E-state index contributed by atoms with van der Waals surface area (Å²) in [5.41, 5.74) is 2.32. The van der Waals surface area contributed by atoms with E-state index in [0.717, 1.165) is 55.4 Å². The fourth-order valence-electron chi connectivity index (χ4n) is 3.99. The second kappa shape index (κ2) is 11.1. The highest BCUT2D eigenvalue weighted by atomic mass is 127. The predicted octanol–water partition coefficient (Wildman–Crippen LogP) is 3.18. The number of halogens is 1. The van der Waals surface area contributed by atoms with Crippen molar-refractivity contribution in [3.05, 3.63) is 23.3 Å². The van der Waals surface area contributed by atoms with Crippen molar-refractivity contribution in [2.45, 2.75) is 58.2 Å². The van der Waals surface area contributed by atoms with E-state index in [1.54, 1.807) is 7.11 Å². The van der Waals surface area contributed by atoms with Gasteiger partial charge < -0.3 is 25.0 Å². The lowest BCUT2D eigenvalue weighted by Gasteiger charge is -2.32. The second-order valence-corrected chi connectivity index (χ2v) is 7.59. The van der Waals surface area contributed by atoms with Crippen LogP contribution in [0.4, 0.5) is 0 Å². The molecule has 1 aromatic carbocycles. The number of ether oxygens (including phenoxy) is 2. The maximum Gasteiger partial charge on any atom is 0.191 e. The van der Waals surface area contributed by atoms with Gasteiger partial charge >= 0.3 is 0 Å². The lowest BCUT2D eigenvalue weighted by atomic mass is 10.0. The van der Waals surface area contributed by atoms with Crippen LogP contribution in [0.2, 0.25) is 0 Å². The van der Waals surface area contributed by atoms with Crippen LogP contribution in [-0.2, 0) is 13.0 Å². The van der Waals surface area contributed by atoms with Crippen molar-refractivity contribution >= 4 is 29.9 Å². The summed E-state index contributed by atoms with van der Waals surface area (Å²) in [5, 5.41) is 7.01. The quantitative estimate of drug-likeness (QED) is 0.356. The Labute approximate surface area is 186 Å². The Kier molecular flexibility index (Phi) is 9.14. The zero-order valence-electron chi connectivity index (χ0n) is 17.6. The molecule has 0 amide bonds. The molecule has 2 N–H and O–H groups in total. The van der Waals surface area contributed by atoms with E-state index in [4.69, 9.17) is 9.47 Å². The fourth-order valence-corrected chi connectivity index (χ4v) is 3.99. The van der Waals surface area contributed by atoms with Crippen molar-refractivity contribution in [1.82, 2.24) is 15.5 Å². The average molecular weight is 502 g/mol. The minimum absolute atomic E-state index is 0. The summed E-state index contributed by atoms with van der Waals surface area (Å²) in [6.45, 7) is 8.53. The summed E-state index contributed by atoms with van der Waals surface area (Å²) in [5.74, 6) is 2.73. The number of aliphatic imine (C=N–C) groups is 1. The van der Waals surface area contributed by atoms with Crippen LogP contribution in [0.5, 0.6) is 11.5 Å². The predicted molar refractivity (Wildman–Crippen MR) is 125 cm³/mol. The van der Waals surface area contributed by atoms with E-state index in [0.29, 0.717) is 12.6 Å². The van der Waals surface area contributed by atoms with Gasteiger partial charge in [0.05, 0.1) is 7.11 Å². The Hall–Kier alpha value is -1.22. The van der Waals surface area contributed by atoms with Crippen LogP contribution >= 0.6 is 24.0 Å². The Balaban J connectivity index is 0.00000280. The van der Waals surface area contributed by atoms with Gasteiger partial charge in [-0.1, -0.05) is 6.92 Å². The molecule has 1 saturated heterocycles. The second-order valence-electron chi connectivity index (χ2n) is 7.59. The average Bonchev–Trinajstić information content (AvgIpc) is 3.04. The molecule has 7 heteroatoms. The third-order valence-corrected chi connectivity index (χ3v) is 5.44. The van der Waals surface area contributed by atoms with Crippen LogP contribution in [0.3, 0.4) is 0 Å². The molecule has 1 atom stereocenters. The van der Waals surface area contributed by atoms with Crippen molar-refractivity contribution in [1.29, 1.82) is 0 Å². The Morgan fingerprint density at radius 2 is 2.07 bits per heavy atom. The van der Waals surface area contributed by atoms with E-state index in [2.05, 4.69) is 46.5 Å². The number of guanidine groups is 1. The van der Waals surface area contributed by atoms with E-state index < -0.39 is 0 Å². The number of nitrogens with one attached hydrogen (secondary N) is 2. The summed E-state index contributed by atoms with van der Waals surface area (Å²) in [7, 11) is 3.55. The van der Waals surface area contributed by atoms with Crippen LogP contribution in [0.1, 0.15) is 44.2 Å². The molecule has 0 bridgehead atoms. The van der Waals surface area contributed by atoms with Gasteiger partial charge in [-0.05, 0) is 44.9 Å². The van der Waals surface area contributed by atoms with Gasteiger partial charge in [0.1, 0.15) is 17.6 Å². The number of nitrogens with zero attached hydrogens (tertiary/aromatic N) is 2. The number of hydrogen-bond donors (Lipinski definition) is 2. The van der Waals surface area contributed by atoms with Crippen molar-refractivity contribution in [3.8, 4) is 11.5 Å². The molecule has 158 valence electrons. The number of benzene rings is 1. The monoisotopic (exact) mass is 502 g/mol. The van der Waals surface area contributed by atoms with Crippen molar-refractivity contribution in [3.63, 3.8) is 0 Å². The van der Waals surface area contributed by atoms with Gasteiger partial charge in [-0.15, -0.1) is 24.0 Å². The van der Waals surface area contributed by atoms with Gasteiger partial charge in [-0.2, -0.15) is 0 Å². The molecule has 2 aliphatic rings. The van der Waals surface area contributed by atoms with Crippen LogP contribution in [0.15, 0.2) is 17.1 Å². The third kappa shape index (κ3) is 5.89. The van der Waals surface area contributed by atoms with Crippen LogP contribution < -0.4 is 20.1 Å². The van der Waals surface area contributed by atoms with E-state index >= 15 is 0 Å².